The molecule has 2 aromatic carbocycles. The van der Waals surface area contributed by atoms with Crippen LogP contribution in [0.15, 0.2) is 24.3 Å². The number of fused-ring (bicyclic) bond motifs is 1. The topological polar surface area (TPSA) is 98.8 Å². The zero-order valence-corrected chi connectivity index (χ0v) is 22.8. The van der Waals surface area contributed by atoms with E-state index in [-0.39, 0.29) is 5.97 Å². The van der Waals surface area contributed by atoms with Crippen LogP contribution in [-0.2, 0) is 25.5 Å². The molecule has 1 heterocycles. The summed E-state index contributed by atoms with van der Waals surface area (Å²) in [4.78, 5) is 25.1. The monoisotopic (exact) mass is 516 g/mol. The predicted molar refractivity (Wildman–Crippen MR) is 136 cm³/mol. The fourth-order valence-corrected chi connectivity index (χ4v) is 4.26. The molecule has 2 aromatic rings. The Hall–Kier alpha value is -3.62. The maximum Gasteiger partial charge on any atom is 0.317 e. The molecule has 1 aliphatic rings. The Kier molecular flexibility index (Phi) is 8.78. The van der Waals surface area contributed by atoms with E-state index < -0.39 is 23.4 Å². The first-order valence-corrected chi connectivity index (χ1v) is 12.0. The molecule has 0 fully saturated rings. The van der Waals surface area contributed by atoms with E-state index >= 15 is 0 Å². The Balaban J connectivity index is 1.95. The van der Waals surface area contributed by atoms with Crippen LogP contribution in [0.2, 0.25) is 0 Å². The minimum absolute atomic E-state index is 0.244. The van der Waals surface area contributed by atoms with Gasteiger partial charge in [0.05, 0.1) is 47.6 Å². The highest BCUT2D eigenvalue weighted by Gasteiger charge is 2.44. The number of benzene rings is 2. The maximum absolute atomic E-state index is 13.0. The van der Waals surface area contributed by atoms with Gasteiger partial charge in [-0.1, -0.05) is 6.07 Å². The summed E-state index contributed by atoms with van der Waals surface area (Å²) in [6, 6.07) is 7.30. The molecular weight excluding hydrogens is 480 g/mol. The van der Waals surface area contributed by atoms with E-state index in [9.17, 15) is 9.59 Å². The van der Waals surface area contributed by atoms with E-state index in [2.05, 4.69) is 0 Å². The molecule has 9 nitrogen and oxygen atoms in total. The second-order valence-corrected chi connectivity index (χ2v) is 9.70. The summed E-state index contributed by atoms with van der Waals surface area (Å²) in [5.41, 5.74) is 1.68. The lowest BCUT2D eigenvalue weighted by molar-refractivity contribution is -0.153. The molecule has 0 N–H and O–H groups in total. The predicted octanol–water partition coefficient (Wildman–Crippen LogP) is 4.63. The summed E-state index contributed by atoms with van der Waals surface area (Å²) in [6.45, 7) is 5.74. The van der Waals surface area contributed by atoms with Gasteiger partial charge in [0.2, 0.25) is 5.75 Å². The number of esters is 2. The molecule has 37 heavy (non-hydrogen) atoms. The van der Waals surface area contributed by atoms with E-state index in [1.165, 1.54) is 28.4 Å². The number of rotatable bonds is 10. The first-order chi connectivity index (χ1) is 17.6. The Morgan fingerprint density at radius 3 is 2.00 bits per heavy atom. The molecule has 0 amide bonds. The van der Waals surface area contributed by atoms with Crippen molar-refractivity contribution < 1.29 is 42.7 Å². The molecule has 202 valence electrons. The van der Waals surface area contributed by atoms with Gasteiger partial charge in [-0.05, 0) is 57.4 Å². The Labute approximate surface area is 217 Å². The van der Waals surface area contributed by atoms with E-state index in [4.69, 9.17) is 33.2 Å². The van der Waals surface area contributed by atoms with Gasteiger partial charge in [0.15, 0.2) is 23.0 Å². The lowest BCUT2D eigenvalue weighted by atomic mass is 9.89. The van der Waals surface area contributed by atoms with Crippen LogP contribution >= 0.6 is 0 Å². The molecule has 0 saturated carbocycles. The van der Waals surface area contributed by atoms with Gasteiger partial charge in [0, 0.05) is 11.1 Å². The zero-order valence-electron chi connectivity index (χ0n) is 22.8. The fraction of sp³-hybridized carbons (Fsp3) is 0.500. The van der Waals surface area contributed by atoms with Gasteiger partial charge in [-0.15, -0.1) is 0 Å². The molecule has 3 rings (SSSR count). The second kappa shape index (κ2) is 11.6. The van der Waals surface area contributed by atoms with Crippen LogP contribution in [0.1, 0.15) is 55.9 Å². The van der Waals surface area contributed by atoms with Gasteiger partial charge in [0.25, 0.3) is 0 Å². The Morgan fingerprint density at radius 1 is 0.865 bits per heavy atom. The standard InChI is InChI=1S/C28H36O9/c1-28(2,3)27(30)36-11-9-10-16-12-18-22(26(29)35-8)23(37-24(18)19(13-16)31-4)17-14-20(32-5)25(34-7)21(15-17)33-6/h12-15,22-23H,9-11H2,1-8H3/t22-,23+/m1/s1. The first kappa shape index (κ1) is 28.0. The average Bonchev–Trinajstić information content (AvgIpc) is 3.27. The molecule has 0 radical (unpaired) electrons. The van der Waals surface area contributed by atoms with Gasteiger partial charge in [-0.3, -0.25) is 9.59 Å². The molecular formula is C28H36O9. The van der Waals surface area contributed by atoms with Crippen LogP contribution in [0, 0.1) is 5.41 Å². The lowest BCUT2D eigenvalue weighted by Crippen LogP contribution is -2.23. The highest BCUT2D eigenvalue weighted by atomic mass is 16.6. The van der Waals surface area contributed by atoms with Crippen LogP contribution in [0.5, 0.6) is 28.7 Å². The number of hydrogen-bond acceptors (Lipinski definition) is 9. The smallest absolute Gasteiger partial charge is 0.317 e. The van der Waals surface area contributed by atoms with Gasteiger partial charge >= 0.3 is 11.9 Å². The molecule has 0 bridgehead atoms. The van der Waals surface area contributed by atoms with Crippen molar-refractivity contribution in [3.05, 3.63) is 41.0 Å². The molecule has 9 heteroatoms. The van der Waals surface area contributed by atoms with Gasteiger partial charge in [-0.25, -0.2) is 0 Å². The molecule has 0 unspecified atom stereocenters. The van der Waals surface area contributed by atoms with Crippen LogP contribution in [0.3, 0.4) is 0 Å². The zero-order chi connectivity index (χ0) is 27.3. The normalized spacial score (nSPS) is 16.3. The van der Waals surface area contributed by atoms with Crippen molar-refractivity contribution in [2.75, 3.05) is 42.2 Å². The average molecular weight is 517 g/mol. The van der Waals surface area contributed by atoms with E-state index in [1.807, 2.05) is 32.9 Å². The fourth-order valence-electron chi connectivity index (χ4n) is 4.26. The van der Waals surface area contributed by atoms with E-state index in [0.29, 0.717) is 59.3 Å². The lowest BCUT2D eigenvalue weighted by Gasteiger charge is -2.20. The quantitative estimate of drug-likeness (QED) is 0.330. The van der Waals surface area contributed by atoms with Crippen LogP contribution in [0.25, 0.3) is 0 Å². The summed E-state index contributed by atoms with van der Waals surface area (Å²) in [5, 5.41) is 0. The van der Waals surface area contributed by atoms with Crippen molar-refractivity contribution in [1.29, 1.82) is 0 Å². The minimum atomic E-state index is -0.754. The van der Waals surface area contributed by atoms with Crippen molar-refractivity contribution >= 4 is 11.9 Å². The summed E-state index contributed by atoms with van der Waals surface area (Å²) < 4.78 is 38.9. The van der Waals surface area contributed by atoms with Gasteiger partial charge in [0.1, 0.15) is 12.0 Å². The third-order valence-corrected chi connectivity index (χ3v) is 6.17. The minimum Gasteiger partial charge on any atom is -0.493 e. The third-order valence-electron chi connectivity index (χ3n) is 6.17. The molecule has 0 saturated heterocycles. The first-order valence-electron chi connectivity index (χ1n) is 12.0. The number of methoxy groups -OCH3 is 5. The number of carbonyl (C=O) groups excluding carboxylic acids is 2. The number of aryl methyl sites for hydroxylation is 1. The SMILES string of the molecule is COC(=O)[C@@H]1c2cc(CCCOC(=O)C(C)(C)C)cc(OC)c2O[C@H]1c1cc(OC)c(OC)c(OC)c1. The van der Waals surface area contributed by atoms with E-state index in [1.54, 1.807) is 19.2 Å². The third kappa shape index (κ3) is 5.87. The summed E-state index contributed by atoms with van der Waals surface area (Å²) >= 11 is 0. The van der Waals surface area contributed by atoms with Crippen molar-refractivity contribution in [2.24, 2.45) is 5.41 Å². The molecule has 0 aliphatic carbocycles. The summed E-state index contributed by atoms with van der Waals surface area (Å²) in [5.74, 6) is 0.848. The summed E-state index contributed by atoms with van der Waals surface area (Å²) in [7, 11) is 7.47. The molecule has 0 aromatic heterocycles. The van der Waals surface area contributed by atoms with E-state index in [0.717, 1.165) is 5.56 Å². The highest BCUT2D eigenvalue weighted by Crippen LogP contribution is 2.53. The van der Waals surface area contributed by atoms with Crippen molar-refractivity contribution in [2.45, 2.75) is 45.6 Å². The number of hydrogen-bond donors (Lipinski definition) is 0. The number of ether oxygens (including phenoxy) is 7. The van der Waals surface area contributed by atoms with Crippen LogP contribution in [-0.4, -0.2) is 54.1 Å². The Bertz CT molecular complexity index is 1110. The van der Waals surface area contributed by atoms with Crippen molar-refractivity contribution in [1.82, 2.24) is 0 Å². The molecule has 1 aliphatic heterocycles. The Morgan fingerprint density at radius 2 is 1.49 bits per heavy atom. The maximum atomic E-state index is 13.0. The second-order valence-electron chi connectivity index (χ2n) is 9.70. The number of carbonyl (C=O) groups is 2. The summed E-state index contributed by atoms with van der Waals surface area (Å²) in [6.07, 6.45) is 0.515. The van der Waals surface area contributed by atoms with Crippen molar-refractivity contribution in [3.8, 4) is 28.7 Å². The van der Waals surface area contributed by atoms with Gasteiger partial charge < -0.3 is 33.2 Å². The highest BCUT2D eigenvalue weighted by molar-refractivity contribution is 5.82. The van der Waals surface area contributed by atoms with Crippen LogP contribution < -0.4 is 23.7 Å². The van der Waals surface area contributed by atoms with Crippen molar-refractivity contribution in [3.63, 3.8) is 0 Å². The molecule has 0 spiro atoms. The van der Waals surface area contributed by atoms with Gasteiger partial charge in [-0.2, -0.15) is 0 Å². The molecule has 2 atom stereocenters. The van der Waals surface area contributed by atoms with Crippen LogP contribution in [0.4, 0.5) is 0 Å². The largest absolute Gasteiger partial charge is 0.493 e.